The molecule has 1 heterocycles. The van der Waals surface area contributed by atoms with E-state index in [1.165, 1.54) is 30.3 Å². The first-order valence-electron chi connectivity index (χ1n) is 12.1. The van der Waals surface area contributed by atoms with Crippen molar-refractivity contribution in [2.75, 3.05) is 11.5 Å². The molecule has 1 fully saturated rings. The van der Waals surface area contributed by atoms with Crippen molar-refractivity contribution in [3.63, 3.8) is 0 Å². The van der Waals surface area contributed by atoms with Gasteiger partial charge in [0.05, 0.1) is 34.8 Å². The third-order valence-corrected chi connectivity index (χ3v) is 6.25. The number of amides is 1. The van der Waals surface area contributed by atoms with E-state index in [1.54, 1.807) is 25.1 Å². The summed E-state index contributed by atoms with van der Waals surface area (Å²) >= 11 is 0. The van der Waals surface area contributed by atoms with Crippen LogP contribution in [-0.2, 0) is 9.59 Å². The molecule has 0 aromatic heterocycles. The van der Waals surface area contributed by atoms with Crippen molar-refractivity contribution in [3.8, 4) is 17.6 Å². The number of nitro groups is 1. The predicted molar refractivity (Wildman–Crippen MR) is 142 cm³/mol. The molecule has 1 amide bonds. The lowest BCUT2D eigenvalue weighted by molar-refractivity contribution is -0.385. The number of aliphatic hydroxyl groups is 1. The number of aryl methyl sites for hydroxylation is 1. The summed E-state index contributed by atoms with van der Waals surface area (Å²) in [4.78, 5) is 38.5. The molecule has 3 aromatic carbocycles. The van der Waals surface area contributed by atoms with Gasteiger partial charge in [-0.1, -0.05) is 19.9 Å². The monoisotopic (exact) mass is 527 g/mol. The number of aliphatic hydroxyl groups excluding tert-OH is 1. The number of nitro benzene ring substituents is 1. The fourth-order valence-corrected chi connectivity index (χ4v) is 4.34. The van der Waals surface area contributed by atoms with Gasteiger partial charge in [-0.3, -0.25) is 24.6 Å². The van der Waals surface area contributed by atoms with Gasteiger partial charge in [-0.15, -0.1) is 0 Å². The van der Waals surface area contributed by atoms with Gasteiger partial charge in [0, 0.05) is 17.3 Å². The molecule has 0 bridgehead atoms. The molecule has 1 atom stereocenters. The van der Waals surface area contributed by atoms with Gasteiger partial charge >= 0.3 is 5.69 Å². The van der Waals surface area contributed by atoms with Crippen LogP contribution in [0.25, 0.3) is 5.76 Å². The van der Waals surface area contributed by atoms with Crippen LogP contribution in [0.4, 0.5) is 11.4 Å². The van der Waals surface area contributed by atoms with Gasteiger partial charge in [-0.05, 0) is 72.5 Å². The van der Waals surface area contributed by atoms with E-state index in [0.717, 1.165) is 17.0 Å². The third kappa shape index (κ3) is 5.15. The lowest BCUT2D eigenvalue weighted by atomic mass is 9.94. The highest BCUT2D eigenvalue weighted by molar-refractivity contribution is 6.51. The Hall–Kier alpha value is -5.17. The molecule has 0 saturated carbocycles. The van der Waals surface area contributed by atoms with Crippen LogP contribution in [0.1, 0.15) is 42.1 Å². The summed E-state index contributed by atoms with van der Waals surface area (Å²) in [6.07, 6.45) is 0. The van der Waals surface area contributed by atoms with E-state index >= 15 is 0 Å². The molecule has 0 spiro atoms. The Bertz CT molecular complexity index is 1550. The number of nitriles is 1. The van der Waals surface area contributed by atoms with Gasteiger partial charge in [-0.25, -0.2) is 0 Å². The number of ketones is 1. The number of hydrogen-bond acceptors (Lipinski definition) is 8. The third-order valence-electron chi connectivity index (χ3n) is 6.25. The molecule has 1 unspecified atom stereocenters. The molecule has 1 saturated heterocycles. The minimum Gasteiger partial charge on any atom is -0.507 e. The molecule has 2 N–H and O–H groups in total. The summed E-state index contributed by atoms with van der Waals surface area (Å²) in [5.74, 6) is -2.12. The van der Waals surface area contributed by atoms with Crippen molar-refractivity contribution in [1.29, 1.82) is 5.26 Å². The molecular formula is C29H25N3O7. The summed E-state index contributed by atoms with van der Waals surface area (Å²) < 4.78 is 5.79. The van der Waals surface area contributed by atoms with Crippen molar-refractivity contribution >= 4 is 28.8 Å². The average molecular weight is 528 g/mol. The highest BCUT2D eigenvalue weighted by Crippen LogP contribution is 2.44. The van der Waals surface area contributed by atoms with Crippen LogP contribution in [0.3, 0.4) is 0 Å². The highest BCUT2D eigenvalue weighted by Gasteiger charge is 2.47. The molecule has 198 valence electrons. The second-order valence-corrected chi connectivity index (χ2v) is 9.52. The summed E-state index contributed by atoms with van der Waals surface area (Å²) in [6.45, 7) is 6.29. The number of rotatable bonds is 7. The Labute approximate surface area is 224 Å². The molecule has 3 aromatic rings. The Morgan fingerprint density at radius 3 is 2.41 bits per heavy atom. The standard InChI is InChI=1S/C29H25N3O7/c1-16(2)15-39-24-11-7-20(12-17(24)3)27(34)25-26(19-6-10-23(33)22(13-19)32(37)38)31(29(36)28(25)35)21-8-4-18(14-30)5-9-21/h4-13,16,26,33-34H,15H2,1-3H3/b27-25-. The normalized spacial score (nSPS) is 16.4. The minimum absolute atomic E-state index is 0.123. The summed E-state index contributed by atoms with van der Waals surface area (Å²) in [7, 11) is 0. The number of ether oxygens (including phenoxy) is 1. The zero-order valence-electron chi connectivity index (χ0n) is 21.4. The number of carbonyl (C=O) groups excluding carboxylic acids is 2. The van der Waals surface area contributed by atoms with Crippen molar-refractivity contribution in [1.82, 2.24) is 0 Å². The second kappa shape index (κ2) is 10.7. The van der Waals surface area contributed by atoms with Crippen molar-refractivity contribution in [2.45, 2.75) is 26.8 Å². The molecular weight excluding hydrogens is 502 g/mol. The quantitative estimate of drug-likeness (QED) is 0.141. The highest BCUT2D eigenvalue weighted by atomic mass is 16.6. The summed E-state index contributed by atoms with van der Waals surface area (Å²) in [6, 6.07) is 14.9. The van der Waals surface area contributed by atoms with Crippen LogP contribution >= 0.6 is 0 Å². The number of benzene rings is 3. The Balaban J connectivity index is 1.90. The fraction of sp³-hybridized carbons (Fsp3) is 0.207. The number of phenolic OH excluding ortho intramolecular Hbond substituents is 1. The molecule has 0 radical (unpaired) electrons. The maximum atomic E-state index is 13.4. The van der Waals surface area contributed by atoms with E-state index in [9.17, 15) is 29.9 Å². The van der Waals surface area contributed by atoms with Crippen LogP contribution in [0.5, 0.6) is 11.5 Å². The molecule has 10 nitrogen and oxygen atoms in total. The zero-order chi connectivity index (χ0) is 28.4. The van der Waals surface area contributed by atoms with E-state index in [0.29, 0.717) is 29.4 Å². The first-order valence-corrected chi connectivity index (χ1v) is 12.1. The van der Waals surface area contributed by atoms with Crippen LogP contribution in [0, 0.1) is 34.3 Å². The Morgan fingerprint density at radius 1 is 1.13 bits per heavy atom. The van der Waals surface area contributed by atoms with Crippen LogP contribution in [-0.4, -0.2) is 33.4 Å². The van der Waals surface area contributed by atoms with Crippen LogP contribution < -0.4 is 9.64 Å². The van der Waals surface area contributed by atoms with Crippen molar-refractivity contribution in [3.05, 3.63) is 98.6 Å². The smallest absolute Gasteiger partial charge is 0.311 e. The maximum absolute atomic E-state index is 13.4. The average Bonchev–Trinajstić information content (AvgIpc) is 3.17. The van der Waals surface area contributed by atoms with E-state index in [4.69, 9.17) is 10.00 Å². The van der Waals surface area contributed by atoms with Crippen molar-refractivity contribution < 1.29 is 29.5 Å². The van der Waals surface area contributed by atoms with Gasteiger partial charge in [-0.2, -0.15) is 5.26 Å². The molecule has 39 heavy (non-hydrogen) atoms. The maximum Gasteiger partial charge on any atom is 0.311 e. The van der Waals surface area contributed by atoms with Crippen molar-refractivity contribution in [2.24, 2.45) is 5.92 Å². The summed E-state index contributed by atoms with van der Waals surface area (Å²) in [5, 5.41) is 42.0. The largest absolute Gasteiger partial charge is 0.507 e. The van der Waals surface area contributed by atoms with Gasteiger partial charge in [0.25, 0.3) is 11.7 Å². The lowest BCUT2D eigenvalue weighted by Gasteiger charge is -2.25. The molecule has 4 rings (SSSR count). The zero-order valence-corrected chi connectivity index (χ0v) is 21.4. The first-order chi connectivity index (χ1) is 18.5. The predicted octanol–water partition coefficient (Wildman–Crippen LogP) is 5.14. The second-order valence-electron chi connectivity index (χ2n) is 9.52. The Morgan fingerprint density at radius 2 is 1.82 bits per heavy atom. The lowest BCUT2D eigenvalue weighted by Crippen LogP contribution is -2.29. The molecule has 0 aliphatic carbocycles. The number of Topliss-reactive ketones (excluding diaryl/α,β-unsaturated/α-hetero) is 1. The van der Waals surface area contributed by atoms with Crippen LogP contribution in [0.15, 0.2) is 66.2 Å². The number of nitrogens with zero attached hydrogens (tertiary/aromatic N) is 3. The van der Waals surface area contributed by atoms with Gasteiger partial charge in [0.15, 0.2) is 5.75 Å². The van der Waals surface area contributed by atoms with E-state index in [2.05, 4.69) is 0 Å². The molecule has 1 aliphatic heterocycles. The van der Waals surface area contributed by atoms with Gasteiger partial charge in [0.2, 0.25) is 0 Å². The van der Waals surface area contributed by atoms with Gasteiger partial charge in [0.1, 0.15) is 11.5 Å². The van der Waals surface area contributed by atoms with Crippen LogP contribution in [0.2, 0.25) is 0 Å². The number of hydrogen-bond donors (Lipinski definition) is 2. The molecule has 10 heteroatoms. The SMILES string of the molecule is Cc1cc(/C(O)=C2/C(=O)C(=O)N(c3ccc(C#N)cc3)C2c2ccc(O)c([N+](=O)[O-])c2)ccc1OCC(C)C. The fourth-order valence-electron chi connectivity index (χ4n) is 4.34. The minimum atomic E-state index is -1.26. The number of aromatic hydroxyl groups is 1. The topological polar surface area (TPSA) is 154 Å². The van der Waals surface area contributed by atoms with E-state index < -0.39 is 39.9 Å². The van der Waals surface area contributed by atoms with Gasteiger partial charge < -0.3 is 14.9 Å². The summed E-state index contributed by atoms with van der Waals surface area (Å²) in [5.41, 5.74) is 0.725. The molecule has 1 aliphatic rings. The Kier molecular flexibility index (Phi) is 7.36. The van der Waals surface area contributed by atoms with E-state index in [1.807, 2.05) is 19.9 Å². The first kappa shape index (κ1) is 26.9. The number of phenols is 1. The number of carbonyl (C=O) groups is 2. The number of anilines is 1. The van der Waals surface area contributed by atoms with E-state index in [-0.39, 0.29) is 22.4 Å².